The lowest BCUT2D eigenvalue weighted by Crippen LogP contribution is -2.48. The number of amides is 1. The number of hydrogen-bond donors (Lipinski definition) is 0. The van der Waals surface area contributed by atoms with Gasteiger partial charge in [-0.2, -0.15) is 4.39 Å². The maximum absolute atomic E-state index is 13.5. The first-order valence-corrected chi connectivity index (χ1v) is 11.0. The van der Waals surface area contributed by atoms with E-state index in [1.165, 1.54) is 12.3 Å². The van der Waals surface area contributed by atoms with E-state index in [-0.39, 0.29) is 24.5 Å². The first kappa shape index (κ1) is 23.1. The van der Waals surface area contributed by atoms with Crippen LogP contribution in [-0.4, -0.2) is 52.7 Å². The van der Waals surface area contributed by atoms with Gasteiger partial charge in [0.1, 0.15) is 5.78 Å². The summed E-state index contributed by atoms with van der Waals surface area (Å²) in [5.41, 5.74) is 3.93. The number of piperazine rings is 1. The molecule has 2 aromatic heterocycles. The number of anilines is 1. The first-order chi connectivity index (χ1) is 16.4. The Morgan fingerprint density at radius 3 is 2.47 bits per heavy atom. The van der Waals surface area contributed by atoms with E-state index >= 15 is 0 Å². The largest absolute Gasteiger partial charge is 0.367 e. The Morgan fingerprint density at radius 1 is 1.03 bits per heavy atom. The van der Waals surface area contributed by atoms with Crippen molar-refractivity contribution in [3.05, 3.63) is 83.5 Å². The molecular weight excluding hydrogens is 433 g/mol. The molecule has 8 heteroatoms. The number of nitrogens with zero attached hydrogens (tertiary/aromatic N) is 5. The number of rotatable bonds is 6. The fraction of sp³-hybridized carbons (Fsp3) is 0.269. The zero-order valence-electron chi connectivity index (χ0n) is 18.9. The lowest BCUT2D eigenvalue weighted by atomic mass is 9.99. The smallest absolute Gasteiger partial charge is 0.219 e. The first-order valence-electron chi connectivity index (χ1n) is 11.0. The van der Waals surface area contributed by atoms with Gasteiger partial charge in [0.15, 0.2) is 5.69 Å². The lowest BCUT2D eigenvalue weighted by molar-refractivity contribution is -0.129. The lowest BCUT2D eigenvalue weighted by Gasteiger charge is -2.35. The van der Waals surface area contributed by atoms with Crippen molar-refractivity contribution in [2.24, 2.45) is 0 Å². The molecule has 1 fully saturated rings. The summed E-state index contributed by atoms with van der Waals surface area (Å²) in [4.78, 5) is 39.7. The molecule has 1 amide bonds. The number of Topliss-reactive ketones (excluding diaryl/α,β-unsaturated/α-hetero) is 1. The second-order valence-electron chi connectivity index (χ2n) is 8.22. The van der Waals surface area contributed by atoms with Gasteiger partial charge in [-0.1, -0.05) is 23.8 Å². The topological polar surface area (TPSA) is 70.8 Å². The molecule has 0 spiro atoms. The number of aromatic nitrogens is 2. The Bertz CT molecular complexity index is 1240. The third-order valence-corrected chi connectivity index (χ3v) is 5.90. The van der Waals surface area contributed by atoms with E-state index in [2.05, 4.69) is 19.7 Å². The van der Waals surface area contributed by atoms with Crippen LogP contribution in [0.1, 0.15) is 18.2 Å². The average molecular weight is 458 g/mol. The highest BCUT2D eigenvalue weighted by molar-refractivity contribution is 5.85. The quantitative estimate of drug-likeness (QED) is 0.415. The molecule has 0 atom stereocenters. The van der Waals surface area contributed by atoms with Crippen LogP contribution in [0.2, 0.25) is 0 Å². The monoisotopic (exact) mass is 457 g/mol. The molecule has 0 unspecified atom stereocenters. The maximum atomic E-state index is 13.5. The highest BCUT2D eigenvalue weighted by Gasteiger charge is 2.19. The molecule has 0 bridgehead atoms. The van der Waals surface area contributed by atoms with Crippen LogP contribution in [0.5, 0.6) is 0 Å². The molecule has 34 heavy (non-hydrogen) atoms. The van der Waals surface area contributed by atoms with Crippen molar-refractivity contribution < 1.29 is 14.0 Å². The number of halogens is 1. The van der Waals surface area contributed by atoms with E-state index in [1.54, 1.807) is 37.4 Å². The van der Waals surface area contributed by atoms with Gasteiger partial charge in [-0.25, -0.2) is 9.83 Å². The van der Waals surface area contributed by atoms with Gasteiger partial charge < -0.3 is 9.80 Å². The summed E-state index contributed by atoms with van der Waals surface area (Å²) in [6.45, 7) is 12.0. The van der Waals surface area contributed by atoms with E-state index in [4.69, 9.17) is 6.57 Å². The van der Waals surface area contributed by atoms with Crippen molar-refractivity contribution in [3.63, 3.8) is 0 Å². The SMILES string of the molecule is [C-]#[N+]c1cc(CC(=O)Cc2ccc(N3CCN(C(C)=O)CC3)cn2)ccc1-c1ccnc(F)c1. The molecule has 0 radical (unpaired) electrons. The summed E-state index contributed by atoms with van der Waals surface area (Å²) in [6.07, 6.45) is 3.51. The van der Waals surface area contributed by atoms with Gasteiger partial charge >= 0.3 is 0 Å². The number of benzene rings is 1. The summed E-state index contributed by atoms with van der Waals surface area (Å²) in [5.74, 6) is -0.519. The summed E-state index contributed by atoms with van der Waals surface area (Å²) in [5, 5.41) is 0. The zero-order valence-corrected chi connectivity index (χ0v) is 18.9. The van der Waals surface area contributed by atoms with Crippen LogP contribution in [0.3, 0.4) is 0 Å². The summed E-state index contributed by atoms with van der Waals surface area (Å²) >= 11 is 0. The molecule has 1 saturated heterocycles. The van der Waals surface area contributed by atoms with Crippen molar-refractivity contribution in [3.8, 4) is 11.1 Å². The minimum atomic E-state index is -0.607. The Hall–Kier alpha value is -4.12. The van der Waals surface area contributed by atoms with Gasteiger partial charge in [0, 0.05) is 57.8 Å². The predicted octanol–water partition coefficient (Wildman–Crippen LogP) is 3.86. The van der Waals surface area contributed by atoms with Crippen molar-refractivity contribution >= 4 is 23.1 Å². The van der Waals surface area contributed by atoms with Crippen LogP contribution >= 0.6 is 0 Å². The number of carbonyl (C=O) groups excluding carboxylic acids is 2. The van der Waals surface area contributed by atoms with E-state index in [1.807, 2.05) is 17.0 Å². The number of carbonyl (C=O) groups is 2. The van der Waals surface area contributed by atoms with Crippen LogP contribution in [0.15, 0.2) is 54.9 Å². The van der Waals surface area contributed by atoms with Gasteiger partial charge in [0.05, 0.1) is 18.5 Å². The van der Waals surface area contributed by atoms with Crippen LogP contribution < -0.4 is 4.90 Å². The average Bonchev–Trinajstić information content (AvgIpc) is 2.84. The molecule has 0 aliphatic carbocycles. The molecule has 7 nitrogen and oxygen atoms in total. The van der Waals surface area contributed by atoms with Gasteiger partial charge in [-0.3, -0.25) is 14.6 Å². The molecule has 172 valence electrons. The Kier molecular flexibility index (Phi) is 6.93. The molecule has 1 aliphatic heterocycles. The Balaban J connectivity index is 1.37. The predicted molar refractivity (Wildman–Crippen MR) is 127 cm³/mol. The van der Waals surface area contributed by atoms with Gasteiger partial charge in [-0.15, -0.1) is 0 Å². The van der Waals surface area contributed by atoms with E-state index in [0.717, 1.165) is 24.3 Å². The van der Waals surface area contributed by atoms with Crippen molar-refractivity contribution in [1.82, 2.24) is 14.9 Å². The van der Waals surface area contributed by atoms with Gasteiger partial charge in [-0.05, 0) is 35.4 Å². The normalized spacial score (nSPS) is 13.4. The Morgan fingerprint density at radius 2 is 1.82 bits per heavy atom. The van der Waals surface area contributed by atoms with Crippen LogP contribution in [-0.2, 0) is 22.4 Å². The third kappa shape index (κ3) is 5.44. The molecule has 3 aromatic rings. The summed E-state index contributed by atoms with van der Waals surface area (Å²) in [6, 6.07) is 12.0. The number of ketones is 1. The van der Waals surface area contributed by atoms with E-state index in [9.17, 15) is 14.0 Å². The van der Waals surface area contributed by atoms with Crippen molar-refractivity contribution in [2.45, 2.75) is 19.8 Å². The standard InChI is InChI=1S/C26H24FN5O2/c1-18(33)31-9-11-32(12-10-31)22-5-4-21(30-17-22)16-23(34)13-19-3-6-24(25(14-19)28-2)20-7-8-29-26(27)15-20/h3-8,14-15,17H,9-13,16H2,1H3. The van der Waals surface area contributed by atoms with E-state index < -0.39 is 5.95 Å². The fourth-order valence-corrected chi connectivity index (χ4v) is 4.07. The van der Waals surface area contributed by atoms with E-state index in [0.29, 0.717) is 35.6 Å². The van der Waals surface area contributed by atoms with Crippen LogP contribution in [0.4, 0.5) is 15.8 Å². The summed E-state index contributed by atoms with van der Waals surface area (Å²) in [7, 11) is 0. The molecule has 3 heterocycles. The van der Waals surface area contributed by atoms with Crippen LogP contribution in [0, 0.1) is 12.5 Å². The molecule has 0 N–H and O–H groups in total. The third-order valence-electron chi connectivity index (χ3n) is 5.90. The number of hydrogen-bond acceptors (Lipinski definition) is 5. The highest BCUT2D eigenvalue weighted by Crippen LogP contribution is 2.31. The molecule has 1 aliphatic rings. The highest BCUT2D eigenvalue weighted by atomic mass is 19.1. The van der Waals surface area contributed by atoms with Gasteiger partial charge in [0.25, 0.3) is 0 Å². The Labute approximate surface area is 197 Å². The molecular formula is C26H24FN5O2. The van der Waals surface area contributed by atoms with Gasteiger partial charge in [0.2, 0.25) is 11.9 Å². The number of pyridine rings is 2. The van der Waals surface area contributed by atoms with Crippen LogP contribution in [0.25, 0.3) is 16.0 Å². The minimum absolute atomic E-state index is 0.00559. The molecule has 0 saturated carbocycles. The fourth-order valence-electron chi connectivity index (χ4n) is 4.07. The van der Waals surface area contributed by atoms with Crippen molar-refractivity contribution in [1.29, 1.82) is 0 Å². The summed E-state index contributed by atoms with van der Waals surface area (Å²) < 4.78 is 13.5. The minimum Gasteiger partial charge on any atom is -0.367 e. The molecule has 4 rings (SSSR count). The second-order valence-corrected chi connectivity index (χ2v) is 8.22. The van der Waals surface area contributed by atoms with Crippen molar-refractivity contribution in [2.75, 3.05) is 31.1 Å². The maximum Gasteiger partial charge on any atom is 0.219 e. The molecule has 1 aromatic carbocycles. The second kappa shape index (κ2) is 10.2. The zero-order chi connectivity index (χ0) is 24.1.